The molecule has 1 amide bonds. The molecular formula is C22H19F2N7O. The maximum atomic E-state index is 14.3. The molecule has 1 aliphatic heterocycles. The highest BCUT2D eigenvalue weighted by Gasteiger charge is 2.31. The van der Waals surface area contributed by atoms with Crippen molar-refractivity contribution in [2.75, 3.05) is 6.54 Å². The minimum atomic E-state index is -0.675. The summed E-state index contributed by atoms with van der Waals surface area (Å²) in [7, 11) is 0. The SMILES string of the molecule is CC1CCC(c2cncc(C3=NNC(=O)CN3)n2)c2nnc(-c3c(F)cccc3F)cc21. The maximum absolute atomic E-state index is 14.3. The number of amidine groups is 1. The Balaban J connectivity index is 1.53. The van der Waals surface area contributed by atoms with Crippen LogP contribution in [0.2, 0.25) is 0 Å². The lowest BCUT2D eigenvalue weighted by atomic mass is 9.79. The summed E-state index contributed by atoms with van der Waals surface area (Å²) in [6.07, 6.45) is 4.87. The van der Waals surface area contributed by atoms with Gasteiger partial charge in [0, 0.05) is 12.1 Å². The van der Waals surface area contributed by atoms with Crippen molar-refractivity contribution in [2.24, 2.45) is 5.10 Å². The van der Waals surface area contributed by atoms with Gasteiger partial charge < -0.3 is 5.32 Å². The lowest BCUT2D eigenvalue weighted by Crippen LogP contribution is -2.42. The Labute approximate surface area is 182 Å². The fourth-order valence-corrected chi connectivity index (χ4v) is 4.11. The molecule has 2 aliphatic rings. The zero-order valence-corrected chi connectivity index (χ0v) is 17.1. The normalized spacial score (nSPS) is 20.1. The summed E-state index contributed by atoms with van der Waals surface area (Å²) in [5.41, 5.74) is 5.21. The monoisotopic (exact) mass is 435 g/mol. The van der Waals surface area contributed by atoms with Crippen LogP contribution in [-0.2, 0) is 4.79 Å². The third kappa shape index (κ3) is 3.57. The predicted molar refractivity (Wildman–Crippen MR) is 112 cm³/mol. The number of halogens is 2. The van der Waals surface area contributed by atoms with Gasteiger partial charge in [0.25, 0.3) is 5.91 Å². The van der Waals surface area contributed by atoms with E-state index in [9.17, 15) is 13.6 Å². The minimum Gasteiger partial charge on any atom is -0.358 e. The molecule has 162 valence electrons. The van der Waals surface area contributed by atoms with Crippen molar-refractivity contribution in [1.29, 1.82) is 0 Å². The highest BCUT2D eigenvalue weighted by molar-refractivity contribution is 6.01. The molecule has 3 heterocycles. The molecule has 0 spiro atoms. The second-order valence-electron chi connectivity index (χ2n) is 7.88. The van der Waals surface area contributed by atoms with Crippen molar-refractivity contribution in [1.82, 2.24) is 30.9 Å². The molecule has 1 aromatic carbocycles. The number of aromatic nitrogens is 4. The number of fused-ring (bicyclic) bond motifs is 1. The molecule has 0 saturated heterocycles. The van der Waals surface area contributed by atoms with E-state index in [0.717, 1.165) is 24.1 Å². The van der Waals surface area contributed by atoms with Crippen LogP contribution < -0.4 is 10.7 Å². The Morgan fingerprint density at radius 1 is 1.06 bits per heavy atom. The number of hydrogen-bond donors (Lipinski definition) is 2. The fourth-order valence-electron chi connectivity index (χ4n) is 4.11. The van der Waals surface area contributed by atoms with Crippen molar-refractivity contribution < 1.29 is 13.6 Å². The number of rotatable bonds is 3. The minimum absolute atomic E-state index is 0.107. The molecule has 1 aliphatic carbocycles. The molecule has 0 saturated carbocycles. The van der Waals surface area contributed by atoms with Crippen LogP contribution in [0.15, 0.2) is 41.8 Å². The lowest BCUT2D eigenvalue weighted by Gasteiger charge is -2.28. The van der Waals surface area contributed by atoms with Gasteiger partial charge in [-0.15, -0.1) is 5.10 Å². The predicted octanol–water partition coefficient (Wildman–Crippen LogP) is 2.62. The first kappa shape index (κ1) is 20.1. The van der Waals surface area contributed by atoms with E-state index < -0.39 is 11.6 Å². The van der Waals surface area contributed by atoms with Crippen LogP contribution in [0, 0.1) is 11.6 Å². The van der Waals surface area contributed by atoms with E-state index >= 15 is 0 Å². The smallest absolute Gasteiger partial charge is 0.259 e. The number of amides is 1. The largest absolute Gasteiger partial charge is 0.358 e. The second kappa shape index (κ2) is 8.03. The molecule has 2 N–H and O–H groups in total. The van der Waals surface area contributed by atoms with Crippen LogP contribution >= 0.6 is 0 Å². The third-order valence-electron chi connectivity index (χ3n) is 5.78. The first-order valence-corrected chi connectivity index (χ1v) is 10.3. The molecule has 0 radical (unpaired) electrons. The van der Waals surface area contributed by atoms with Crippen LogP contribution in [0.3, 0.4) is 0 Å². The molecule has 2 aromatic heterocycles. The summed E-state index contributed by atoms with van der Waals surface area (Å²) < 4.78 is 28.6. The highest BCUT2D eigenvalue weighted by Crippen LogP contribution is 2.41. The Bertz CT molecular complexity index is 1230. The average molecular weight is 435 g/mol. The van der Waals surface area contributed by atoms with Crippen molar-refractivity contribution in [3.05, 3.63) is 70.9 Å². The molecule has 8 nitrogen and oxygen atoms in total. The van der Waals surface area contributed by atoms with Gasteiger partial charge in [-0.2, -0.15) is 10.2 Å². The van der Waals surface area contributed by atoms with Crippen molar-refractivity contribution in [3.63, 3.8) is 0 Å². The summed E-state index contributed by atoms with van der Waals surface area (Å²) in [5.74, 6) is -1.16. The third-order valence-corrected chi connectivity index (χ3v) is 5.78. The zero-order valence-electron chi connectivity index (χ0n) is 17.1. The van der Waals surface area contributed by atoms with Gasteiger partial charge in [0.15, 0.2) is 5.84 Å². The number of carbonyl (C=O) groups is 1. The molecule has 2 atom stereocenters. The van der Waals surface area contributed by atoms with Crippen LogP contribution in [0.25, 0.3) is 11.3 Å². The van der Waals surface area contributed by atoms with Gasteiger partial charge in [-0.05, 0) is 42.5 Å². The second-order valence-corrected chi connectivity index (χ2v) is 7.88. The molecule has 10 heteroatoms. The van der Waals surface area contributed by atoms with Crippen LogP contribution in [-0.4, -0.2) is 38.5 Å². The number of benzene rings is 1. The molecule has 32 heavy (non-hydrogen) atoms. The molecule has 0 fully saturated rings. The number of carbonyl (C=O) groups excluding carboxylic acids is 1. The molecule has 0 bridgehead atoms. The van der Waals surface area contributed by atoms with Gasteiger partial charge in [-0.25, -0.2) is 19.2 Å². The Kier molecular flexibility index (Phi) is 5.04. The fraction of sp³-hybridized carbons (Fsp3) is 0.273. The van der Waals surface area contributed by atoms with Gasteiger partial charge in [0.05, 0.1) is 35.4 Å². The number of hydrazone groups is 1. The maximum Gasteiger partial charge on any atom is 0.259 e. The van der Waals surface area contributed by atoms with E-state index in [0.29, 0.717) is 17.2 Å². The van der Waals surface area contributed by atoms with E-state index in [1.165, 1.54) is 18.2 Å². The Hall–Kier alpha value is -3.82. The first-order valence-electron chi connectivity index (χ1n) is 10.3. The summed E-state index contributed by atoms with van der Waals surface area (Å²) >= 11 is 0. The van der Waals surface area contributed by atoms with Crippen molar-refractivity contribution >= 4 is 11.7 Å². The molecule has 2 unspecified atom stereocenters. The molecular weight excluding hydrogens is 416 g/mol. The summed E-state index contributed by atoms with van der Waals surface area (Å²) in [6, 6.07) is 5.45. The van der Waals surface area contributed by atoms with E-state index in [1.807, 2.05) is 0 Å². The number of nitrogens with zero attached hydrogens (tertiary/aromatic N) is 5. The molecule has 3 aromatic rings. The van der Waals surface area contributed by atoms with E-state index in [1.54, 1.807) is 18.5 Å². The van der Waals surface area contributed by atoms with Crippen LogP contribution in [0.1, 0.15) is 54.2 Å². The lowest BCUT2D eigenvalue weighted by molar-refractivity contribution is -0.120. The van der Waals surface area contributed by atoms with Crippen LogP contribution in [0.4, 0.5) is 8.78 Å². The topological polar surface area (TPSA) is 105 Å². The molecule has 5 rings (SSSR count). The zero-order chi connectivity index (χ0) is 22.2. The van der Waals surface area contributed by atoms with Gasteiger partial charge >= 0.3 is 0 Å². The quantitative estimate of drug-likeness (QED) is 0.655. The van der Waals surface area contributed by atoms with Gasteiger partial charge in [-0.3, -0.25) is 9.78 Å². The van der Waals surface area contributed by atoms with E-state index in [4.69, 9.17) is 0 Å². The van der Waals surface area contributed by atoms with E-state index in [2.05, 4.69) is 42.9 Å². The van der Waals surface area contributed by atoms with Gasteiger partial charge in [0.1, 0.15) is 17.3 Å². The van der Waals surface area contributed by atoms with Crippen LogP contribution in [0.5, 0.6) is 0 Å². The Morgan fingerprint density at radius 3 is 2.62 bits per heavy atom. The summed E-state index contributed by atoms with van der Waals surface area (Å²) in [5, 5.41) is 15.4. The van der Waals surface area contributed by atoms with E-state index in [-0.39, 0.29) is 35.5 Å². The van der Waals surface area contributed by atoms with Crippen molar-refractivity contribution in [2.45, 2.75) is 31.6 Å². The average Bonchev–Trinajstić information content (AvgIpc) is 2.80. The standard InChI is InChI=1S/C22H19F2N7O/c1-11-5-6-12(17-8-25-9-18(27-17)22-26-10-19(32)29-31-22)21-13(11)7-16(28-30-21)20-14(23)3-2-4-15(20)24/h2-4,7-9,11-12H,5-6,10H2,1H3,(H,26,31)(H,29,32). The van der Waals surface area contributed by atoms with Gasteiger partial charge in [0.2, 0.25) is 0 Å². The number of nitrogens with one attached hydrogen (secondary N) is 2. The summed E-state index contributed by atoms with van der Waals surface area (Å²) in [6.45, 7) is 2.17. The first-order chi connectivity index (χ1) is 15.5. The van der Waals surface area contributed by atoms with Gasteiger partial charge in [-0.1, -0.05) is 13.0 Å². The highest BCUT2D eigenvalue weighted by atomic mass is 19.1. The van der Waals surface area contributed by atoms with Crippen molar-refractivity contribution in [3.8, 4) is 11.3 Å². The Morgan fingerprint density at radius 2 is 1.88 bits per heavy atom. The summed E-state index contributed by atoms with van der Waals surface area (Å²) in [4.78, 5) is 20.3. The number of hydrogen-bond acceptors (Lipinski definition) is 7.